The van der Waals surface area contributed by atoms with Crippen LogP contribution in [-0.4, -0.2) is 45.2 Å². The topological polar surface area (TPSA) is 95.1 Å². The van der Waals surface area contributed by atoms with E-state index < -0.39 is 4.92 Å². The van der Waals surface area contributed by atoms with Crippen LogP contribution in [0.3, 0.4) is 0 Å². The van der Waals surface area contributed by atoms with Crippen molar-refractivity contribution in [2.45, 2.75) is 6.42 Å². The maximum absolute atomic E-state index is 12.3. The molecule has 150 valence electrons. The van der Waals surface area contributed by atoms with Crippen LogP contribution in [0.25, 0.3) is 0 Å². The quantitative estimate of drug-likeness (QED) is 0.488. The van der Waals surface area contributed by atoms with Crippen molar-refractivity contribution in [2.75, 3.05) is 39.7 Å². The molecule has 9 heteroatoms. The molecule has 2 aromatic carbocycles. The summed E-state index contributed by atoms with van der Waals surface area (Å²) >= 11 is 5.88. The normalized spacial score (nSPS) is 11.6. The van der Waals surface area contributed by atoms with Gasteiger partial charge >= 0.3 is 0 Å². The first kappa shape index (κ1) is 21.5. The van der Waals surface area contributed by atoms with Gasteiger partial charge in [0.2, 0.25) is 0 Å². The summed E-state index contributed by atoms with van der Waals surface area (Å²) in [5.74, 6) is 0.994. The summed E-state index contributed by atoms with van der Waals surface area (Å²) in [6.45, 7) is 0.859. The van der Waals surface area contributed by atoms with E-state index >= 15 is 0 Å². The predicted octanol–water partition coefficient (Wildman–Crippen LogP) is 1.96. The van der Waals surface area contributed by atoms with E-state index in [0.717, 1.165) is 16.9 Å². The van der Waals surface area contributed by atoms with Crippen molar-refractivity contribution in [3.63, 3.8) is 0 Å². The summed E-state index contributed by atoms with van der Waals surface area (Å²) < 4.78 is 10.5. The van der Waals surface area contributed by atoms with Crippen LogP contribution in [0.2, 0.25) is 5.02 Å². The molecule has 0 fully saturated rings. The predicted molar refractivity (Wildman–Crippen MR) is 107 cm³/mol. The van der Waals surface area contributed by atoms with Gasteiger partial charge in [-0.05, 0) is 29.8 Å². The van der Waals surface area contributed by atoms with Crippen molar-refractivity contribution in [2.24, 2.45) is 0 Å². The summed E-state index contributed by atoms with van der Waals surface area (Å²) in [5, 5.41) is 14.0. The molecule has 0 aliphatic carbocycles. The molecule has 0 aromatic heterocycles. The number of benzene rings is 2. The number of likely N-dealkylation sites (N-methyl/N-ethyl adjacent to an activating group) is 1. The van der Waals surface area contributed by atoms with Crippen LogP contribution in [0.4, 0.5) is 11.4 Å². The maximum Gasteiger partial charge on any atom is 0.292 e. The monoisotopic (exact) mass is 408 g/mol. The van der Waals surface area contributed by atoms with Crippen LogP contribution >= 0.6 is 11.6 Å². The van der Waals surface area contributed by atoms with Crippen molar-refractivity contribution < 1.29 is 24.1 Å². The van der Waals surface area contributed by atoms with E-state index in [4.69, 9.17) is 21.1 Å². The summed E-state index contributed by atoms with van der Waals surface area (Å²) in [4.78, 5) is 23.8. The summed E-state index contributed by atoms with van der Waals surface area (Å²) in [7, 11) is 5.05. The highest BCUT2D eigenvalue weighted by molar-refractivity contribution is 6.31. The number of ether oxygens (including phenoxy) is 2. The zero-order valence-corrected chi connectivity index (χ0v) is 16.7. The van der Waals surface area contributed by atoms with Gasteiger partial charge in [0.15, 0.2) is 18.0 Å². The third-order valence-corrected chi connectivity index (χ3v) is 4.42. The first-order chi connectivity index (χ1) is 13.3. The van der Waals surface area contributed by atoms with Gasteiger partial charge in [-0.1, -0.05) is 17.7 Å². The van der Waals surface area contributed by atoms with E-state index in [0.29, 0.717) is 23.1 Å². The molecule has 0 saturated carbocycles. The Kier molecular flexibility index (Phi) is 7.60. The average molecular weight is 409 g/mol. The number of methoxy groups -OCH3 is 2. The highest BCUT2D eigenvalue weighted by Gasteiger charge is 2.18. The van der Waals surface area contributed by atoms with Crippen LogP contribution < -0.4 is 19.7 Å². The third kappa shape index (κ3) is 5.83. The van der Waals surface area contributed by atoms with E-state index in [1.54, 1.807) is 14.2 Å². The number of anilines is 1. The second kappa shape index (κ2) is 9.91. The van der Waals surface area contributed by atoms with Crippen molar-refractivity contribution in [1.82, 2.24) is 0 Å². The molecule has 0 radical (unpaired) electrons. The minimum absolute atomic E-state index is 0.0928. The van der Waals surface area contributed by atoms with Gasteiger partial charge in [0.1, 0.15) is 5.69 Å². The van der Waals surface area contributed by atoms with Crippen molar-refractivity contribution in [3.05, 3.63) is 57.1 Å². The Hall–Kier alpha value is -2.84. The molecule has 0 heterocycles. The lowest BCUT2D eigenvalue weighted by molar-refractivity contribution is -0.870. The molecular weight excluding hydrogens is 386 g/mol. The minimum atomic E-state index is -0.556. The fraction of sp³-hybridized carbons (Fsp3) is 0.316. The minimum Gasteiger partial charge on any atom is -0.493 e. The van der Waals surface area contributed by atoms with Crippen LogP contribution in [0.5, 0.6) is 11.5 Å². The van der Waals surface area contributed by atoms with Crippen LogP contribution in [0.1, 0.15) is 5.56 Å². The van der Waals surface area contributed by atoms with Gasteiger partial charge in [-0.3, -0.25) is 14.9 Å². The number of nitro groups is 1. The number of hydrogen-bond donors (Lipinski definition) is 2. The molecule has 2 aromatic rings. The van der Waals surface area contributed by atoms with Gasteiger partial charge in [0, 0.05) is 17.5 Å². The van der Waals surface area contributed by atoms with Crippen LogP contribution in [0.15, 0.2) is 36.4 Å². The SMILES string of the molecule is COc1ccc(CC[NH+](C)CC(=O)Nc2cc(Cl)ccc2[N+](=O)[O-])cc1OC. The third-order valence-electron chi connectivity index (χ3n) is 4.18. The number of hydrogen-bond acceptors (Lipinski definition) is 5. The van der Waals surface area contributed by atoms with Crippen molar-refractivity contribution in [1.29, 1.82) is 0 Å². The lowest BCUT2D eigenvalue weighted by atomic mass is 10.1. The zero-order valence-electron chi connectivity index (χ0n) is 16.0. The number of nitro benzene ring substituents is 1. The fourth-order valence-corrected chi connectivity index (χ4v) is 2.89. The number of quaternary nitrogens is 1. The number of nitrogens with one attached hydrogen (secondary N) is 2. The van der Waals surface area contributed by atoms with Gasteiger partial charge < -0.3 is 19.7 Å². The Morgan fingerprint density at radius 2 is 1.89 bits per heavy atom. The number of rotatable bonds is 9. The smallest absolute Gasteiger partial charge is 0.292 e. The molecular formula is C19H23ClN3O5+. The van der Waals surface area contributed by atoms with Gasteiger partial charge in [-0.25, -0.2) is 0 Å². The number of carbonyl (C=O) groups is 1. The fourth-order valence-electron chi connectivity index (χ4n) is 2.72. The second-order valence-electron chi connectivity index (χ2n) is 6.29. The molecule has 1 amide bonds. The molecule has 0 saturated heterocycles. The zero-order chi connectivity index (χ0) is 20.7. The Balaban J connectivity index is 1.93. The number of amides is 1. The molecule has 2 N–H and O–H groups in total. The number of halogens is 1. The Labute approximate surface area is 168 Å². The molecule has 0 aliphatic rings. The molecule has 0 bridgehead atoms. The first-order valence-corrected chi connectivity index (χ1v) is 8.97. The molecule has 2 rings (SSSR count). The largest absolute Gasteiger partial charge is 0.493 e. The second-order valence-corrected chi connectivity index (χ2v) is 6.73. The number of carbonyl (C=O) groups excluding carboxylic acids is 1. The van der Waals surface area contributed by atoms with Gasteiger partial charge in [0.25, 0.3) is 11.6 Å². The highest BCUT2D eigenvalue weighted by Crippen LogP contribution is 2.28. The van der Waals surface area contributed by atoms with E-state index in [2.05, 4.69) is 5.32 Å². The summed E-state index contributed by atoms with van der Waals surface area (Å²) in [6, 6.07) is 9.75. The lowest BCUT2D eigenvalue weighted by Crippen LogP contribution is -3.10. The Morgan fingerprint density at radius 3 is 2.54 bits per heavy atom. The van der Waals surface area contributed by atoms with Gasteiger partial charge in [-0.2, -0.15) is 0 Å². The summed E-state index contributed by atoms with van der Waals surface area (Å²) in [6.07, 6.45) is 0.733. The van der Waals surface area contributed by atoms with Crippen molar-refractivity contribution in [3.8, 4) is 11.5 Å². The van der Waals surface area contributed by atoms with E-state index in [1.807, 2.05) is 25.2 Å². The average Bonchev–Trinajstić information content (AvgIpc) is 2.65. The first-order valence-electron chi connectivity index (χ1n) is 8.60. The maximum atomic E-state index is 12.3. The van der Waals surface area contributed by atoms with Gasteiger partial charge in [0.05, 0.1) is 32.7 Å². The number of nitrogens with zero attached hydrogens (tertiary/aromatic N) is 1. The molecule has 1 unspecified atom stereocenters. The van der Waals surface area contributed by atoms with E-state index in [9.17, 15) is 14.9 Å². The molecule has 8 nitrogen and oxygen atoms in total. The van der Waals surface area contributed by atoms with Crippen molar-refractivity contribution >= 4 is 28.9 Å². The Bertz CT molecular complexity index is 859. The molecule has 1 atom stereocenters. The summed E-state index contributed by atoms with van der Waals surface area (Å²) in [5.41, 5.74) is 0.957. The molecule has 0 aliphatic heterocycles. The lowest BCUT2D eigenvalue weighted by Gasteiger charge is -2.15. The standard InChI is InChI=1S/C19H22ClN3O5/c1-22(9-8-13-4-7-17(27-2)18(10-13)28-3)12-19(24)21-15-11-14(20)5-6-16(15)23(25)26/h4-7,10-11H,8-9,12H2,1-3H3,(H,21,24)/p+1. The van der Waals surface area contributed by atoms with Gasteiger partial charge in [-0.15, -0.1) is 0 Å². The molecule has 28 heavy (non-hydrogen) atoms. The van der Waals surface area contributed by atoms with Crippen LogP contribution in [-0.2, 0) is 11.2 Å². The molecule has 0 spiro atoms. The highest BCUT2D eigenvalue weighted by atomic mass is 35.5. The van der Waals surface area contributed by atoms with E-state index in [-0.39, 0.29) is 23.8 Å². The van der Waals surface area contributed by atoms with Crippen LogP contribution in [0, 0.1) is 10.1 Å². The van der Waals surface area contributed by atoms with E-state index in [1.165, 1.54) is 18.2 Å². The Morgan fingerprint density at radius 1 is 1.18 bits per heavy atom.